The van der Waals surface area contributed by atoms with Crippen molar-refractivity contribution in [2.45, 2.75) is 33.9 Å². The standard InChI is InChI=1S/C24H22ClF3N4O2/c1-13-5-8-21(14(2)9-13)32-15(3)10-17(16(32)4)12-29-31-23(34)22(33)30-18-6-7-20(25)19(11-18)24(26,27)28/h5-12H,1-4H3,(H,30,33)(H,31,34)/b29-12-. The first-order valence-electron chi connectivity index (χ1n) is 10.2. The molecule has 0 spiro atoms. The molecule has 2 N–H and O–H groups in total. The molecule has 2 aromatic carbocycles. The van der Waals surface area contributed by atoms with Crippen LogP contribution in [-0.4, -0.2) is 22.6 Å². The Labute approximate surface area is 199 Å². The van der Waals surface area contributed by atoms with Gasteiger partial charge in [0.1, 0.15) is 0 Å². The Morgan fingerprint density at radius 1 is 1.00 bits per heavy atom. The predicted molar refractivity (Wildman–Crippen MR) is 126 cm³/mol. The molecule has 3 rings (SSSR count). The average Bonchev–Trinajstić information content (AvgIpc) is 3.02. The lowest BCUT2D eigenvalue weighted by Crippen LogP contribution is -2.32. The molecule has 0 aliphatic heterocycles. The minimum atomic E-state index is -4.70. The molecule has 0 aliphatic carbocycles. The number of nitrogens with zero attached hydrogens (tertiary/aromatic N) is 2. The minimum Gasteiger partial charge on any atom is -0.318 e. The summed E-state index contributed by atoms with van der Waals surface area (Å²) in [6.45, 7) is 7.88. The highest BCUT2D eigenvalue weighted by Crippen LogP contribution is 2.36. The summed E-state index contributed by atoms with van der Waals surface area (Å²) in [4.78, 5) is 24.1. The van der Waals surface area contributed by atoms with E-state index >= 15 is 0 Å². The average molecular weight is 491 g/mol. The minimum absolute atomic E-state index is 0.224. The van der Waals surface area contributed by atoms with E-state index in [1.54, 1.807) is 0 Å². The number of aromatic nitrogens is 1. The van der Waals surface area contributed by atoms with Crippen molar-refractivity contribution in [1.82, 2.24) is 9.99 Å². The van der Waals surface area contributed by atoms with Gasteiger partial charge in [0.15, 0.2) is 0 Å². The fourth-order valence-electron chi connectivity index (χ4n) is 3.56. The van der Waals surface area contributed by atoms with Gasteiger partial charge in [-0.1, -0.05) is 29.3 Å². The van der Waals surface area contributed by atoms with E-state index in [0.29, 0.717) is 6.07 Å². The fourth-order valence-corrected chi connectivity index (χ4v) is 3.79. The molecule has 34 heavy (non-hydrogen) atoms. The second-order valence-electron chi connectivity index (χ2n) is 7.80. The SMILES string of the molecule is Cc1ccc(-n2c(C)cc(/C=N\NC(=O)C(=O)Nc3ccc(Cl)c(C(F)(F)F)c3)c2C)c(C)c1. The maximum atomic E-state index is 13.0. The predicted octanol–water partition coefficient (Wildman–Crippen LogP) is 5.47. The maximum absolute atomic E-state index is 13.0. The van der Waals surface area contributed by atoms with Crippen LogP contribution in [-0.2, 0) is 15.8 Å². The zero-order chi connectivity index (χ0) is 25.2. The topological polar surface area (TPSA) is 75.5 Å². The molecule has 0 unspecified atom stereocenters. The number of halogens is 4. The molecule has 3 aromatic rings. The first-order chi connectivity index (χ1) is 15.9. The van der Waals surface area contributed by atoms with Gasteiger partial charge in [0.25, 0.3) is 0 Å². The molecular formula is C24H22ClF3N4O2. The van der Waals surface area contributed by atoms with Crippen LogP contribution in [0.3, 0.4) is 0 Å². The van der Waals surface area contributed by atoms with Crippen LogP contribution in [0.25, 0.3) is 5.69 Å². The monoisotopic (exact) mass is 490 g/mol. The Balaban J connectivity index is 1.70. The van der Waals surface area contributed by atoms with Gasteiger partial charge < -0.3 is 9.88 Å². The summed E-state index contributed by atoms with van der Waals surface area (Å²) in [5, 5.41) is 5.40. The summed E-state index contributed by atoms with van der Waals surface area (Å²) in [7, 11) is 0. The molecule has 6 nitrogen and oxygen atoms in total. The zero-order valence-electron chi connectivity index (χ0n) is 18.8. The van der Waals surface area contributed by atoms with E-state index in [4.69, 9.17) is 11.6 Å². The summed E-state index contributed by atoms with van der Waals surface area (Å²) >= 11 is 5.55. The lowest BCUT2D eigenvalue weighted by molar-refractivity contribution is -0.137. The number of aryl methyl sites for hydroxylation is 3. The van der Waals surface area contributed by atoms with Gasteiger partial charge in [0.05, 0.1) is 16.8 Å². The quantitative estimate of drug-likeness (QED) is 0.289. The van der Waals surface area contributed by atoms with Crippen LogP contribution in [0.5, 0.6) is 0 Å². The van der Waals surface area contributed by atoms with Gasteiger partial charge in [0, 0.05) is 28.3 Å². The largest absolute Gasteiger partial charge is 0.417 e. The lowest BCUT2D eigenvalue weighted by atomic mass is 10.1. The van der Waals surface area contributed by atoms with Crippen LogP contribution in [0.1, 0.15) is 33.6 Å². The van der Waals surface area contributed by atoms with Crippen molar-refractivity contribution in [2.24, 2.45) is 5.10 Å². The van der Waals surface area contributed by atoms with Crippen molar-refractivity contribution >= 4 is 35.3 Å². The Kier molecular flexibility index (Phi) is 7.16. The zero-order valence-corrected chi connectivity index (χ0v) is 19.6. The third-order valence-electron chi connectivity index (χ3n) is 5.17. The number of alkyl halides is 3. The van der Waals surface area contributed by atoms with E-state index in [0.717, 1.165) is 45.9 Å². The molecule has 0 aliphatic rings. The Hall–Kier alpha value is -3.59. The second-order valence-corrected chi connectivity index (χ2v) is 8.20. The normalized spacial score (nSPS) is 11.6. The number of rotatable bonds is 4. The van der Waals surface area contributed by atoms with Crippen LogP contribution in [0.4, 0.5) is 18.9 Å². The number of anilines is 1. The second kappa shape index (κ2) is 9.72. The van der Waals surface area contributed by atoms with Gasteiger partial charge in [-0.25, -0.2) is 5.43 Å². The highest BCUT2D eigenvalue weighted by Gasteiger charge is 2.33. The van der Waals surface area contributed by atoms with Gasteiger partial charge >= 0.3 is 18.0 Å². The number of hydrazone groups is 1. The molecule has 178 valence electrons. The number of amides is 2. The van der Waals surface area contributed by atoms with E-state index in [9.17, 15) is 22.8 Å². The van der Waals surface area contributed by atoms with Crippen molar-refractivity contribution in [3.05, 3.63) is 81.1 Å². The van der Waals surface area contributed by atoms with Gasteiger partial charge in [0.2, 0.25) is 0 Å². The highest BCUT2D eigenvalue weighted by atomic mass is 35.5. The Morgan fingerprint density at radius 3 is 2.35 bits per heavy atom. The number of nitrogens with one attached hydrogen (secondary N) is 2. The van der Waals surface area contributed by atoms with Crippen molar-refractivity contribution in [3.63, 3.8) is 0 Å². The van der Waals surface area contributed by atoms with E-state index in [2.05, 4.69) is 26.5 Å². The first kappa shape index (κ1) is 25.0. The van der Waals surface area contributed by atoms with Crippen molar-refractivity contribution in [1.29, 1.82) is 0 Å². The van der Waals surface area contributed by atoms with E-state index < -0.39 is 28.6 Å². The number of carbonyl (C=O) groups excluding carboxylic acids is 2. The molecule has 0 radical (unpaired) electrons. The van der Waals surface area contributed by atoms with E-state index in [-0.39, 0.29) is 5.69 Å². The van der Waals surface area contributed by atoms with E-state index in [1.807, 2.05) is 45.9 Å². The van der Waals surface area contributed by atoms with Gasteiger partial charge in [-0.15, -0.1) is 0 Å². The molecule has 0 atom stereocenters. The molecule has 1 aromatic heterocycles. The summed E-state index contributed by atoms with van der Waals surface area (Å²) in [6, 6.07) is 10.8. The van der Waals surface area contributed by atoms with Crippen LogP contribution in [0.2, 0.25) is 5.02 Å². The van der Waals surface area contributed by atoms with Gasteiger partial charge in [-0.3, -0.25) is 9.59 Å². The molecule has 0 saturated carbocycles. The third kappa shape index (κ3) is 5.48. The smallest absolute Gasteiger partial charge is 0.318 e. The van der Waals surface area contributed by atoms with Gasteiger partial charge in [-0.05, 0) is 63.6 Å². The summed E-state index contributed by atoms with van der Waals surface area (Å²) in [5.41, 5.74) is 6.58. The molecule has 0 bridgehead atoms. The van der Waals surface area contributed by atoms with Crippen LogP contribution < -0.4 is 10.7 Å². The molecule has 10 heteroatoms. The molecule has 2 amide bonds. The number of benzene rings is 2. The van der Waals surface area contributed by atoms with E-state index in [1.165, 1.54) is 6.21 Å². The number of hydrogen-bond donors (Lipinski definition) is 2. The Morgan fingerprint density at radius 2 is 1.71 bits per heavy atom. The third-order valence-corrected chi connectivity index (χ3v) is 5.50. The van der Waals surface area contributed by atoms with Crippen LogP contribution in [0, 0.1) is 27.7 Å². The van der Waals surface area contributed by atoms with Crippen LogP contribution in [0.15, 0.2) is 47.6 Å². The molecule has 1 heterocycles. The Bertz CT molecular complexity index is 1300. The molecular weight excluding hydrogens is 469 g/mol. The van der Waals surface area contributed by atoms with Crippen molar-refractivity contribution < 1.29 is 22.8 Å². The first-order valence-corrected chi connectivity index (χ1v) is 10.5. The summed E-state index contributed by atoms with van der Waals surface area (Å²) < 4.78 is 41.0. The maximum Gasteiger partial charge on any atom is 0.417 e. The van der Waals surface area contributed by atoms with Gasteiger partial charge in [-0.2, -0.15) is 18.3 Å². The molecule has 0 saturated heterocycles. The number of hydrogen-bond acceptors (Lipinski definition) is 3. The summed E-state index contributed by atoms with van der Waals surface area (Å²) in [6.07, 6.45) is -3.30. The van der Waals surface area contributed by atoms with Crippen LogP contribution >= 0.6 is 11.6 Å². The molecule has 0 fully saturated rings. The summed E-state index contributed by atoms with van der Waals surface area (Å²) in [5.74, 6) is -2.31. The fraction of sp³-hybridized carbons (Fsp3) is 0.208. The lowest BCUT2D eigenvalue weighted by Gasteiger charge is -2.13. The number of carbonyl (C=O) groups is 2. The highest BCUT2D eigenvalue weighted by molar-refractivity contribution is 6.39. The van der Waals surface area contributed by atoms with Crippen molar-refractivity contribution in [2.75, 3.05) is 5.32 Å². The van der Waals surface area contributed by atoms with Crippen molar-refractivity contribution in [3.8, 4) is 5.69 Å².